The van der Waals surface area contributed by atoms with E-state index >= 15 is 0 Å². The van der Waals surface area contributed by atoms with Crippen molar-refractivity contribution in [2.24, 2.45) is 0 Å². The number of aromatic carboxylic acids is 1. The van der Waals surface area contributed by atoms with Crippen LogP contribution in [-0.4, -0.2) is 5.97 Å². The summed E-state index contributed by atoms with van der Waals surface area (Å²) < 4.78 is 0. The van der Waals surface area contributed by atoms with E-state index in [1.807, 2.05) is 66.7 Å². The summed E-state index contributed by atoms with van der Waals surface area (Å²) in [6.07, 6.45) is 0. The normalized spacial score (nSPS) is 10.3. The topological polar surface area (TPSA) is 40.1 Å². The number of carbonyl (C=O) groups is 1. The van der Waals surface area contributed by atoms with Crippen LogP contribution in [0.5, 0.6) is 0 Å². The Morgan fingerprint density at radius 3 is 1.81 bits per heavy atom. The molecule has 0 unspecified atom stereocenters. The molecular weight excluding hydrogens is 260 g/mol. The number of hydrogen-bond donors (Lipinski definition) is 0. The number of carboxylic acid groups (broad SMARTS) is 1. The minimum Gasteiger partial charge on any atom is -0.545 e. The monoisotopic (exact) mass is 273 g/mol. The third-order valence-electron chi connectivity index (χ3n) is 3.45. The Kier molecular flexibility index (Phi) is 3.52. The van der Waals surface area contributed by atoms with E-state index in [0.717, 1.165) is 16.7 Å². The Labute approximate surface area is 123 Å². The number of hydrogen-bond acceptors (Lipinski definition) is 2. The van der Waals surface area contributed by atoms with Gasteiger partial charge in [-0.25, -0.2) is 0 Å². The maximum absolute atomic E-state index is 11.3. The largest absolute Gasteiger partial charge is 0.545 e. The van der Waals surface area contributed by atoms with Crippen LogP contribution < -0.4 is 5.11 Å². The fraction of sp³-hybridized carbons (Fsp3) is 0. The van der Waals surface area contributed by atoms with Gasteiger partial charge in [-0.1, -0.05) is 78.9 Å². The van der Waals surface area contributed by atoms with Gasteiger partial charge in [-0.3, -0.25) is 0 Å². The molecule has 0 atom stereocenters. The van der Waals surface area contributed by atoms with Crippen LogP contribution in [0.4, 0.5) is 0 Å². The van der Waals surface area contributed by atoms with Crippen molar-refractivity contribution in [3.8, 4) is 22.3 Å². The highest BCUT2D eigenvalue weighted by Gasteiger charge is 2.10. The van der Waals surface area contributed by atoms with Crippen LogP contribution in [0.3, 0.4) is 0 Å². The molecular formula is C19H13O2-. The highest BCUT2D eigenvalue weighted by molar-refractivity contribution is 5.97. The van der Waals surface area contributed by atoms with Crippen molar-refractivity contribution in [1.82, 2.24) is 0 Å². The summed E-state index contributed by atoms with van der Waals surface area (Å²) in [5, 5.41) is 11.3. The first kappa shape index (κ1) is 13.1. The van der Waals surface area contributed by atoms with Gasteiger partial charge < -0.3 is 9.90 Å². The molecule has 102 valence electrons. The van der Waals surface area contributed by atoms with Gasteiger partial charge in [0.1, 0.15) is 0 Å². The molecule has 0 aliphatic rings. The second-order valence-corrected chi connectivity index (χ2v) is 4.74. The molecule has 3 aromatic rings. The van der Waals surface area contributed by atoms with E-state index < -0.39 is 5.97 Å². The Morgan fingerprint density at radius 1 is 0.619 bits per heavy atom. The molecule has 0 saturated heterocycles. The van der Waals surface area contributed by atoms with Gasteiger partial charge in [-0.05, 0) is 22.3 Å². The first-order chi connectivity index (χ1) is 10.3. The molecule has 0 saturated carbocycles. The van der Waals surface area contributed by atoms with Gasteiger partial charge in [0.25, 0.3) is 0 Å². The molecule has 0 aliphatic heterocycles. The standard InChI is InChI=1S/C19H14O2/c20-19(21)18-13-7-6-12-17(18)16-11-5-4-10-15(16)14-8-2-1-3-9-14/h1-13H,(H,20,21)/p-1. The summed E-state index contributed by atoms with van der Waals surface area (Å²) in [7, 11) is 0. The van der Waals surface area contributed by atoms with Crippen molar-refractivity contribution in [1.29, 1.82) is 0 Å². The van der Waals surface area contributed by atoms with Crippen molar-refractivity contribution in [3.63, 3.8) is 0 Å². The Hall–Kier alpha value is -2.87. The lowest BCUT2D eigenvalue weighted by atomic mass is 9.92. The lowest BCUT2D eigenvalue weighted by Gasteiger charge is -2.14. The van der Waals surface area contributed by atoms with Gasteiger partial charge in [0.05, 0.1) is 5.97 Å². The van der Waals surface area contributed by atoms with E-state index in [0.29, 0.717) is 5.56 Å². The minimum atomic E-state index is -1.16. The molecule has 0 fully saturated rings. The summed E-state index contributed by atoms with van der Waals surface area (Å²) in [5.74, 6) is -1.16. The van der Waals surface area contributed by atoms with Crippen LogP contribution in [0.15, 0.2) is 78.9 Å². The lowest BCUT2D eigenvalue weighted by Crippen LogP contribution is -2.23. The lowest BCUT2D eigenvalue weighted by molar-refractivity contribution is -0.254. The van der Waals surface area contributed by atoms with E-state index in [2.05, 4.69) is 0 Å². The third-order valence-corrected chi connectivity index (χ3v) is 3.45. The van der Waals surface area contributed by atoms with E-state index in [1.54, 1.807) is 12.1 Å². The average molecular weight is 273 g/mol. The molecule has 0 N–H and O–H groups in total. The molecule has 0 spiro atoms. The zero-order valence-electron chi connectivity index (χ0n) is 11.3. The summed E-state index contributed by atoms with van der Waals surface area (Å²) in [6, 6.07) is 24.7. The summed E-state index contributed by atoms with van der Waals surface area (Å²) >= 11 is 0. The number of benzene rings is 3. The van der Waals surface area contributed by atoms with Gasteiger partial charge in [-0.15, -0.1) is 0 Å². The summed E-state index contributed by atoms with van der Waals surface area (Å²) in [4.78, 5) is 11.3. The quantitative estimate of drug-likeness (QED) is 0.734. The first-order valence-corrected chi connectivity index (χ1v) is 6.72. The predicted molar refractivity (Wildman–Crippen MR) is 81.6 cm³/mol. The second kappa shape index (κ2) is 5.63. The van der Waals surface area contributed by atoms with E-state index in [4.69, 9.17) is 0 Å². The van der Waals surface area contributed by atoms with Crippen LogP contribution in [-0.2, 0) is 0 Å². The minimum absolute atomic E-state index is 0.209. The van der Waals surface area contributed by atoms with Crippen molar-refractivity contribution < 1.29 is 9.90 Å². The van der Waals surface area contributed by atoms with Crippen LogP contribution in [0.2, 0.25) is 0 Å². The van der Waals surface area contributed by atoms with E-state index in [-0.39, 0.29) is 5.56 Å². The van der Waals surface area contributed by atoms with Crippen molar-refractivity contribution in [2.45, 2.75) is 0 Å². The molecule has 3 aromatic carbocycles. The molecule has 0 aromatic heterocycles. The molecule has 3 rings (SSSR count). The smallest absolute Gasteiger partial charge is 0.0721 e. The molecule has 0 aliphatic carbocycles. The maximum Gasteiger partial charge on any atom is 0.0721 e. The molecule has 0 bridgehead atoms. The fourth-order valence-corrected chi connectivity index (χ4v) is 2.48. The summed E-state index contributed by atoms with van der Waals surface area (Å²) in [5.41, 5.74) is 3.84. The highest BCUT2D eigenvalue weighted by atomic mass is 16.4. The Morgan fingerprint density at radius 2 is 1.14 bits per heavy atom. The zero-order chi connectivity index (χ0) is 14.7. The maximum atomic E-state index is 11.3. The van der Waals surface area contributed by atoms with Gasteiger partial charge in [0.2, 0.25) is 0 Å². The first-order valence-electron chi connectivity index (χ1n) is 6.72. The van der Waals surface area contributed by atoms with Crippen molar-refractivity contribution >= 4 is 5.97 Å². The van der Waals surface area contributed by atoms with Gasteiger partial charge in [0.15, 0.2) is 0 Å². The Bertz CT molecular complexity index is 776. The van der Waals surface area contributed by atoms with Crippen LogP contribution in [0.1, 0.15) is 10.4 Å². The Balaban J connectivity index is 2.24. The molecule has 0 heterocycles. The number of carboxylic acids is 1. The van der Waals surface area contributed by atoms with E-state index in [1.165, 1.54) is 0 Å². The molecule has 2 nitrogen and oxygen atoms in total. The van der Waals surface area contributed by atoms with Gasteiger partial charge >= 0.3 is 0 Å². The molecule has 0 radical (unpaired) electrons. The van der Waals surface area contributed by atoms with Crippen LogP contribution >= 0.6 is 0 Å². The second-order valence-electron chi connectivity index (χ2n) is 4.74. The molecule has 2 heteroatoms. The van der Waals surface area contributed by atoms with Crippen LogP contribution in [0.25, 0.3) is 22.3 Å². The molecule has 0 amide bonds. The highest BCUT2D eigenvalue weighted by Crippen LogP contribution is 2.33. The zero-order valence-corrected chi connectivity index (χ0v) is 11.3. The van der Waals surface area contributed by atoms with Crippen LogP contribution in [0, 0.1) is 0 Å². The van der Waals surface area contributed by atoms with E-state index in [9.17, 15) is 9.90 Å². The predicted octanol–water partition coefficient (Wildman–Crippen LogP) is 3.38. The summed E-state index contributed by atoms with van der Waals surface area (Å²) in [6.45, 7) is 0. The fourth-order valence-electron chi connectivity index (χ4n) is 2.48. The number of rotatable bonds is 3. The molecule has 21 heavy (non-hydrogen) atoms. The third kappa shape index (κ3) is 2.56. The van der Waals surface area contributed by atoms with Crippen molar-refractivity contribution in [3.05, 3.63) is 84.4 Å². The van der Waals surface area contributed by atoms with Crippen molar-refractivity contribution in [2.75, 3.05) is 0 Å². The SMILES string of the molecule is O=C([O-])c1ccccc1-c1ccccc1-c1ccccc1. The van der Waals surface area contributed by atoms with Gasteiger partial charge in [0, 0.05) is 5.56 Å². The average Bonchev–Trinajstić information content (AvgIpc) is 2.55. The number of carbonyl (C=O) groups excluding carboxylic acids is 1. The van der Waals surface area contributed by atoms with Gasteiger partial charge in [-0.2, -0.15) is 0 Å².